The van der Waals surface area contributed by atoms with E-state index < -0.39 is 11.0 Å². The Morgan fingerprint density at radius 3 is 2.46 bits per heavy atom. The van der Waals surface area contributed by atoms with Gasteiger partial charge in [0.25, 0.3) is 5.69 Å². The number of aromatic nitrogens is 2. The van der Waals surface area contributed by atoms with Crippen LogP contribution in [0.3, 0.4) is 0 Å². The van der Waals surface area contributed by atoms with Gasteiger partial charge >= 0.3 is 0 Å². The predicted molar refractivity (Wildman–Crippen MR) is 142 cm³/mol. The van der Waals surface area contributed by atoms with Gasteiger partial charge in [-0.05, 0) is 12.5 Å². The second kappa shape index (κ2) is 12.4. The van der Waals surface area contributed by atoms with E-state index in [9.17, 15) is 15.2 Å². The molecule has 9 nitrogen and oxygen atoms in total. The van der Waals surface area contributed by atoms with Crippen LogP contribution in [0.25, 0.3) is 11.4 Å². The second-order valence-corrected chi connectivity index (χ2v) is 9.06. The molecule has 0 amide bonds. The molecule has 192 valence electrons. The molecule has 0 aliphatic carbocycles. The molecule has 1 fully saturated rings. The summed E-state index contributed by atoms with van der Waals surface area (Å²) in [5.74, 6) is 3.95. The van der Waals surface area contributed by atoms with Gasteiger partial charge in [-0.2, -0.15) is 0 Å². The average molecular weight is 502 g/mol. The number of terminal acetylenes is 1. The summed E-state index contributed by atoms with van der Waals surface area (Å²) in [6.07, 6.45) is 5.17. The number of aliphatic hydroxyl groups excluding tert-OH is 1. The Hall–Kier alpha value is -3.84. The van der Waals surface area contributed by atoms with Crippen molar-refractivity contribution in [3.8, 4) is 23.7 Å². The lowest BCUT2D eigenvalue weighted by Crippen LogP contribution is -2.49. The van der Waals surface area contributed by atoms with Gasteiger partial charge in [0.15, 0.2) is 5.82 Å². The van der Waals surface area contributed by atoms with Crippen molar-refractivity contribution >= 4 is 11.5 Å². The zero-order valence-electron chi connectivity index (χ0n) is 20.9. The maximum atomic E-state index is 11.1. The lowest BCUT2D eigenvalue weighted by Gasteiger charge is -2.37. The largest absolute Gasteiger partial charge is 0.389 e. The van der Waals surface area contributed by atoms with E-state index in [-0.39, 0.29) is 18.9 Å². The smallest absolute Gasteiger partial charge is 0.269 e. The number of nitrogens with zero attached hydrogens (tertiary/aromatic N) is 5. The first kappa shape index (κ1) is 26.2. The summed E-state index contributed by atoms with van der Waals surface area (Å²) in [4.78, 5) is 25.0. The Kier molecular flexibility index (Phi) is 8.80. The number of anilines is 1. The standard InChI is InChI=1S/C28H31N5O4/c1-3-17-37-20-25(34)19-31-13-15-32(16-14-31)28-26(18-22-9-11-24(12-10-22)33(35)36)21(2)29-27(30-28)23-7-5-4-6-8-23/h1,4-12,25,34H,13-20H2,2H3/t25-/m1/s1. The number of β-amino-alcohol motifs (C(OH)–C–C–N with tert-alkyl or cyclic N) is 1. The molecule has 0 bridgehead atoms. The van der Waals surface area contributed by atoms with Gasteiger partial charge in [-0.15, -0.1) is 6.42 Å². The van der Waals surface area contributed by atoms with Crippen LogP contribution in [-0.4, -0.2) is 76.9 Å². The first-order chi connectivity index (χ1) is 17.9. The summed E-state index contributed by atoms with van der Waals surface area (Å²) < 4.78 is 5.26. The molecule has 1 aliphatic rings. The number of aryl methyl sites for hydroxylation is 1. The van der Waals surface area contributed by atoms with Gasteiger partial charge in [-0.1, -0.05) is 48.4 Å². The van der Waals surface area contributed by atoms with Crippen molar-refractivity contribution in [2.45, 2.75) is 19.4 Å². The summed E-state index contributed by atoms with van der Waals surface area (Å²) in [6, 6.07) is 16.5. The fraction of sp³-hybridized carbons (Fsp3) is 0.357. The highest BCUT2D eigenvalue weighted by Crippen LogP contribution is 2.29. The third-order valence-corrected chi connectivity index (χ3v) is 6.39. The highest BCUT2D eigenvalue weighted by atomic mass is 16.6. The summed E-state index contributed by atoms with van der Waals surface area (Å²) in [6.45, 7) is 5.95. The van der Waals surface area contributed by atoms with Crippen LogP contribution in [0, 0.1) is 29.4 Å². The Morgan fingerprint density at radius 1 is 1.11 bits per heavy atom. The maximum Gasteiger partial charge on any atom is 0.269 e. The molecule has 0 spiro atoms. The SMILES string of the molecule is C#CCOC[C@H](O)CN1CCN(c2nc(-c3ccccc3)nc(C)c2Cc2ccc([N+](=O)[O-])cc2)CC1. The molecule has 1 N–H and O–H groups in total. The molecule has 2 heterocycles. The molecular formula is C28H31N5O4. The van der Waals surface area contributed by atoms with Gasteiger partial charge in [0.1, 0.15) is 12.4 Å². The monoisotopic (exact) mass is 501 g/mol. The molecule has 3 aromatic rings. The lowest BCUT2D eigenvalue weighted by atomic mass is 10.0. The van der Waals surface area contributed by atoms with Gasteiger partial charge in [-0.3, -0.25) is 15.0 Å². The number of nitro benzene ring substituents is 1. The van der Waals surface area contributed by atoms with Crippen LogP contribution in [0.15, 0.2) is 54.6 Å². The highest BCUT2D eigenvalue weighted by molar-refractivity contribution is 5.61. The molecular weight excluding hydrogens is 470 g/mol. The summed E-state index contributed by atoms with van der Waals surface area (Å²) in [7, 11) is 0. The van der Waals surface area contributed by atoms with Crippen LogP contribution in [0.2, 0.25) is 0 Å². The summed E-state index contributed by atoms with van der Waals surface area (Å²) >= 11 is 0. The lowest BCUT2D eigenvalue weighted by molar-refractivity contribution is -0.384. The zero-order chi connectivity index (χ0) is 26.2. The summed E-state index contributed by atoms with van der Waals surface area (Å²) in [5, 5.41) is 21.3. The molecule has 1 atom stereocenters. The number of hydrogen-bond donors (Lipinski definition) is 1. The first-order valence-electron chi connectivity index (χ1n) is 12.3. The van der Waals surface area contributed by atoms with Gasteiger partial charge in [0.05, 0.1) is 17.6 Å². The zero-order valence-corrected chi connectivity index (χ0v) is 20.9. The minimum atomic E-state index is -0.594. The predicted octanol–water partition coefficient (Wildman–Crippen LogP) is 3.08. The minimum Gasteiger partial charge on any atom is -0.389 e. The summed E-state index contributed by atoms with van der Waals surface area (Å²) in [5.41, 5.74) is 3.86. The third kappa shape index (κ3) is 6.89. The van der Waals surface area contributed by atoms with Crippen molar-refractivity contribution < 1.29 is 14.8 Å². The minimum absolute atomic E-state index is 0.0689. The van der Waals surface area contributed by atoms with E-state index in [0.29, 0.717) is 18.8 Å². The number of hydrogen-bond acceptors (Lipinski definition) is 8. The van der Waals surface area contributed by atoms with Crippen LogP contribution in [0.4, 0.5) is 11.5 Å². The van der Waals surface area contributed by atoms with Crippen molar-refractivity contribution in [1.29, 1.82) is 0 Å². The van der Waals surface area contributed by atoms with Crippen LogP contribution < -0.4 is 4.90 Å². The van der Waals surface area contributed by atoms with Gasteiger partial charge in [0.2, 0.25) is 0 Å². The van der Waals surface area contributed by atoms with E-state index in [1.165, 1.54) is 12.1 Å². The Labute approximate surface area is 216 Å². The molecule has 0 radical (unpaired) electrons. The Bertz CT molecular complexity index is 1240. The van der Waals surface area contributed by atoms with E-state index in [1.54, 1.807) is 12.1 Å². The fourth-order valence-corrected chi connectivity index (χ4v) is 4.45. The van der Waals surface area contributed by atoms with E-state index in [1.807, 2.05) is 37.3 Å². The Morgan fingerprint density at radius 2 is 1.81 bits per heavy atom. The number of aliphatic hydroxyl groups is 1. The fourth-order valence-electron chi connectivity index (χ4n) is 4.45. The van der Waals surface area contributed by atoms with Crippen molar-refractivity contribution in [2.75, 3.05) is 50.8 Å². The number of benzene rings is 2. The van der Waals surface area contributed by atoms with Gasteiger partial charge in [-0.25, -0.2) is 9.97 Å². The normalized spacial score (nSPS) is 14.8. The number of ether oxygens (including phenoxy) is 1. The van der Waals surface area contributed by atoms with E-state index in [4.69, 9.17) is 21.1 Å². The molecule has 1 aromatic heterocycles. The van der Waals surface area contributed by atoms with E-state index >= 15 is 0 Å². The average Bonchev–Trinajstić information content (AvgIpc) is 2.91. The molecule has 37 heavy (non-hydrogen) atoms. The van der Waals surface area contributed by atoms with Crippen molar-refractivity contribution in [3.05, 3.63) is 81.5 Å². The topological polar surface area (TPSA) is 105 Å². The van der Waals surface area contributed by atoms with Gasteiger partial charge < -0.3 is 14.7 Å². The number of piperazine rings is 1. The molecule has 4 rings (SSSR count). The van der Waals surface area contributed by atoms with Crippen molar-refractivity contribution in [2.24, 2.45) is 0 Å². The van der Waals surface area contributed by atoms with E-state index in [2.05, 4.69) is 15.7 Å². The van der Waals surface area contributed by atoms with Crippen molar-refractivity contribution in [1.82, 2.24) is 14.9 Å². The van der Waals surface area contributed by atoms with Gasteiger partial charge in [0, 0.05) is 68.1 Å². The maximum absolute atomic E-state index is 11.1. The van der Waals surface area contributed by atoms with Crippen molar-refractivity contribution in [3.63, 3.8) is 0 Å². The number of rotatable bonds is 10. The molecule has 2 aromatic carbocycles. The molecule has 9 heteroatoms. The quantitative estimate of drug-likeness (QED) is 0.196. The molecule has 0 saturated carbocycles. The number of nitro groups is 1. The second-order valence-electron chi connectivity index (χ2n) is 9.06. The highest BCUT2D eigenvalue weighted by Gasteiger charge is 2.24. The van der Waals surface area contributed by atoms with Crippen LogP contribution in [-0.2, 0) is 11.2 Å². The van der Waals surface area contributed by atoms with E-state index in [0.717, 1.165) is 54.4 Å². The van der Waals surface area contributed by atoms with Crippen LogP contribution in [0.5, 0.6) is 0 Å². The number of non-ortho nitro benzene ring substituents is 1. The third-order valence-electron chi connectivity index (χ3n) is 6.39. The molecule has 1 aliphatic heterocycles. The Balaban J connectivity index is 1.55. The molecule has 0 unspecified atom stereocenters. The van der Waals surface area contributed by atoms with Crippen LogP contribution in [0.1, 0.15) is 16.8 Å². The molecule has 1 saturated heterocycles. The van der Waals surface area contributed by atoms with Crippen LogP contribution >= 0.6 is 0 Å². The first-order valence-corrected chi connectivity index (χ1v) is 12.3.